The molecule has 0 bridgehead atoms. The lowest BCUT2D eigenvalue weighted by Gasteiger charge is -2.38. The average Bonchev–Trinajstić information content (AvgIpc) is 3.53. The predicted octanol–water partition coefficient (Wildman–Crippen LogP) is 6.08. The molecule has 2 saturated heterocycles. The van der Waals surface area contributed by atoms with E-state index in [9.17, 15) is 37.0 Å². The van der Waals surface area contributed by atoms with Crippen molar-refractivity contribution < 1.29 is 46.4 Å². The van der Waals surface area contributed by atoms with Crippen LogP contribution in [0.1, 0.15) is 57.8 Å². The van der Waals surface area contributed by atoms with Crippen LogP contribution in [-0.2, 0) is 22.6 Å². The topological polar surface area (TPSA) is 91.3 Å². The van der Waals surface area contributed by atoms with Crippen LogP contribution in [0.2, 0.25) is 0 Å². The van der Waals surface area contributed by atoms with Crippen molar-refractivity contribution >= 4 is 5.91 Å². The maximum Gasteiger partial charge on any atom is 0.257 e. The van der Waals surface area contributed by atoms with E-state index in [0.29, 0.717) is 31.5 Å². The van der Waals surface area contributed by atoms with Crippen LogP contribution in [0.25, 0.3) is 11.1 Å². The maximum atomic E-state index is 14.1. The molecule has 0 saturated carbocycles. The van der Waals surface area contributed by atoms with Gasteiger partial charge in [0.2, 0.25) is 5.82 Å². The highest BCUT2D eigenvalue weighted by Gasteiger charge is 2.35. The first-order valence-electron chi connectivity index (χ1n) is 15.5. The van der Waals surface area contributed by atoms with Gasteiger partial charge in [-0.25, -0.2) is 22.0 Å². The van der Waals surface area contributed by atoms with E-state index in [1.807, 2.05) is 54.6 Å². The Morgan fingerprint density at radius 3 is 2.15 bits per heavy atom. The number of likely N-dealkylation sites (tertiary alicyclic amines) is 1. The smallest absolute Gasteiger partial charge is 0.257 e. The Kier molecular flexibility index (Phi) is 10.2. The number of nitrogens with zero attached hydrogens (tertiary/aromatic N) is 1. The number of β-amino-alcohol motifs (C(OH)–C–C–N with tert-alkyl or cyclic N) is 1. The monoisotopic (exact) mass is 668 g/mol. The van der Waals surface area contributed by atoms with E-state index < -0.39 is 46.8 Å². The van der Waals surface area contributed by atoms with Gasteiger partial charge in [-0.1, -0.05) is 60.7 Å². The molecule has 4 atom stereocenters. The number of aliphatic hydroxyl groups excluding tert-OH is 2. The van der Waals surface area contributed by atoms with Crippen LogP contribution in [0.5, 0.6) is 0 Å². The minimum Gasteiger partial charge on any atom is -0.392 e. The van der Waals surface area contributed by atoms with Gasteiger partial charge in [0, 0.05) is 38.2 Å². The van der Waals surface area contributed by atoms with E-state index >= 15 is 0 Å². The molecule has 3 N–H and O–H groups in total. The summed E-state index contributed by atoms with van der Waals surface area (Å²) >= 11 is 0. The van der Waals surface area contributed by atoms with Crippen LogP contribution in [0.4, 0.5) is 22.0 Å². The third-order valence-electron chi connectivity index (χ3n) is 8.63. The van der Waals surface area contributed by atoms with Gasteiger partial charge in [-0.3, -0.25) is 9.69 Å². The number of carbonyl (C=O) groups excluding carboxylic acids is 1. The molecule has 0 radical (unpaired) electrons. The Balaban J connectivity index is 1.20. The minimum absolute atomic E-state index is 0.0663. The van der Waals surface area contributed by atoms with Gasteiger partial charge in [0.15, 0.2) is 29.6 Å². The quantitative estimate of drug-likeness (QED) is 0.114. The van der Waals surface area contributed by atoms with Gasteiger partial charge in [-0.15, -0.1) is 0 Å². The first-order chi connectivity index (χ1) is 23.1. The van der Waals surface area contributed by atoms with Gasteiger partial charge in [-0.05, 0) is 46.4 Å². The number of hydrogen-bond acceptors (Lipinski definition) is 6. The second-order valence-electron chi connectivity index (χ2n) is 12.0. The number of carbonyl (C=O) groups is 1. The molecule has 2 aliphatic rings. The number of halogens is 5. The van der Waals surface area contributed by atoms with Crippen molar-refractivity contribution in [3.63, 3.8) is 0 Å². The fourth-order valence-electron chi connectivity index (χ4n) is 6.10. The van der Waals surface area contributed by atoms with Gasteiger partial charge in [0.25, 0.3) is 5.91 Å². The van der Waals surface area contributed by atoms with Crippen LogP contribution >= 0.6 is 0 Å². The van der Waals surface area contributed by atoms with E-state index in [0.717, 1.165) is 34.4 Å². The third kappa shape index (κ3) is 7.27. The first-order valence-corrected chi connectivity index (χ1v) is 15.5. The molecule has 2 aliphatic heterocycles. The molecule has 252 valence electrons. The third-order valence-corrected chi connectivity index (χ3v) is 8.63. The number of aliphatic hydroxyl groups is 2. The van der Waals surface area contributed by atoms with Crippen molar-refractivity contribution in [2.75, 3.05) is 19.6 Å². The Hall–Kier alpha value is -4.20. The van der Waals surface area contributed by atoms with E-state index in [1.54, 1.807) is 18.2 Å². The van der Waals surface area contributed by atoms with Gasteiger partial charge in [-0.2, -0.15) is 0 Å². The molecule has 4 aromatic carbocycles. The molecule has 7 nitrogen and oxygen atoms in total. The molecule has 0 spiro atoms. The zero-order chi connectivity index (χ0) is 33.9. The molecule has 4 aromatic rings. The Morgan fingerprint density at radius 2 is 1.48 bits per heavy atom. The summed E-state index contributed by atoms with van der Waals surface area (Å²) in [5, 5.41) is 21.7. The molecule has 6 rings (SSSR count). The normalized spacial score (nSPS) is 21.4. The van der Waals surface area contributed by atoms with E-state index in [-0.39, 0.29) is 31.5 Å². The van der Waals surface area contributed by atoms with Gasteiger partial charge >= 0.3 is 0 Å². The van der Waals surface area contributed by atoms with Crippen molar-refractivity contribution in [3.8, 4) is 11.1 Å². The van der Waals surface area contributed by atoms with Crippen molar-refractivity contribution in [2.45, 2.75) is 50.6 Å². The number of ether oxygens (including phenoxy) is 2. The summed E-state index contributed by atoms with van der Waals surface area (Å²) in [6.45, 7) is 1.67. The summed E-state index contributed by atoms with van der Waals surface area (Å²) in [7, 11) is 0. The summed E-state index contributed by atoms with van der Waals surface area (Å²) in [6.07, 6.45) is -0.255. The second-order valence-corrected chi connectivity index (χ2v) is 12.0. The van der Waals surface area contributed by atoms with Crippen LogP contribution in [0.3, 0.4) is 0 Å². The van der Waals surface area contributed by atoms with E-state index in [4.69, 9.17) is 9.47 Å². The zero-order valence-corrected chi connectivity index (χ0v) is 25.6. The standard InChI is InChI=1S/C36H33F5N2O5/c37-30-29(31(38)33(40)34(41)32(30)39)35(46)42-16-21-3-1-4-23(13-21)24-5-2-6-25(14-24)36-47-27(18-43-12-11-26(45)17-43)15-28(48-36)22-9-7-20(19-44)8-10-22/h1-10,13-14,26-28,36,44-45H,11-12,15-19H2,(H,42,46)/t26-,27-,28+,36+/m0/s1. The van der Waals surface area contributed by atoms with E-state index in [1.165, 1.54) is 0 Å². The fourth-order valence-corrected chi connectivity index (χ4v) is 6.10. The van der Waals surface area contributed by atoms with Crippen LogP contribution in [0, 0.1) is 29.1 Å². The number of rotatable bonds is 9. The number of nitrogens with one attached hydrogen (secondary N) is 1. The summed E-state index contributed by atoms with van der Waals surface area (Å²) < 4.78 is 81.8. The molecule has 0 aliphatic carbocycles. The molecule has 0 aromatic heterocycles. The lowest BCUT2D eigenvalue weighted by Crippen LogP contribution is -2.38. The van der Waals surface area contributed by atoms with Gasteiger partial charge in [0.05, 0.1) is 24.9 Å². The van der Waals surface area contributed by atoms with Crippen LogP contribution in [0.15, 0.2) is 72.8 Å². The summed E-state index contributed by atoms with van der Waals surface area (Å²) in [5.74, 6) is -12.6. The number of amides is 1. The lowest BCUT2D eigenvalue weighted by atomic mass is 9.98. The molecule has 48 heavy (non-hydrogen) atoms. The summed E-state index contributed by atoms with van der Waals surface area (Å²) in [5.41, 5.74) is 2.96. The Labute approximate surface area is 273 Å². The number of hydrogen-bond donors (Lipinski definition) is 3. The average molecular weight is 669 g/mol. The molecule has 1 amide bonds. The molecular weight excluding hydrogens is 635 g/mol. The van der Waals surface area contributed by atoms with Crippen molar-refractivity contribution in [1.82, 2.24) is 10.2 Å². The first kappa shape index (κ1) is 33.7. The molecule has 2 heterocycles. The van der Waals surface area contributed by atoms with Crippen LogP contribution in [-0.4, -0.2) is 52.9 Å². The van der Waals surface area contributed by atoms with Crippen molar-refractivity contribution in [3.05, 3.63) is 130 Å². The highest BCUT2D eigenvalue weighted by atomic mass is 19.2. The maximum absolute atomic E-state index is 14.1. The molecule has 12 heteroatoms. The van der Waals surface area contributed by atoms with Gasteiger partial charge in [0.1, 0.15) is 5.56 Å². The zero-order valence-electron chi connectivity index (χ0n) is 25.6. The minimum atomic E-state index is -2.34. The second kappa shape index (κ2) is 14.5. The van der Waals surface area contributed by atoms with Gasteiger partial charge < -0.3 is 25.0 Å². The Morgan fingerprint density at radius 1 is 0.812 bits per heavy atom. The molecule has 2 fully saturated rings. The highest BCUT2D eigenvalue weighted by molar-refractivity contribution is 5.94. The summed E-state index contributed by atoms with van der Waals surface area (Å²) in [4.78, 5) is 14.6. The molecular formula is C36H33F5N2O5. The van der Waals surface area contributed by atoms with E-state index in [2.05, 4.69) is 10.2 Å². The van der Waals surface area contributed by atoms with Crippen LogP contribution < -0.4 is 5.32 Å². The lowest BCUT2D eigenvalue weighted by molar-refractivity contribution is -0.252. The number of benzene rings is 4. The SMILES string of the molecule is O=C(NCc1cccc(-c2cccc([C@@H]3O[C@H](CN4CC[C@H](O)C4)C[C@H](c4ccc(CO)cc4)O3)c2)c1)c1c(F)c(F)c(F)c(F)c1F. The highest BCUT2D eigenvalue weighted by Crippen LogP contribution is 2.39. The fraction of sp³-hybridized carbons (Fsp3) is 0.306. The molecule has 0 unspecified atom stereocenters. The Bertz CT molecular complexity index is 1760. The van der Waals surface area contributed by atoms with Crippen molar-refractivity contribution in [1.29, 1.82) is 0 Å². The predicted molar refractivity (Wildman–Crippen MR) is 165 cm³/mol. The summed E-state index contributed by atoms with van der Waals surface area (Å²) in [6, 6.07) is 22.0. The largest absolute Gasteiger partial charge is 0.392 e. The van der Waals surface area contributed by atoms with Crippen molar-refractivity contribution in [2.24, 2.45) is 0 Å².